The van der Waals surface area contributed by atoms with Gasteiger partial charge in [-0.1, -0.05) is 38.1 Å². The van der Waals surface area contributed by atoms with E-state index in [0.29, 0.717) is 42.5 Å². The third-order valence-electron chi connectivity index (χ3n) is 6.79. The Morgan fingerprint density at radius 3 is 2.43 bits per heavy atom. The number of carbonyl (C=O) groups is 1. The van der Waals surface area contributed by atoms with Crippen molar-refractivity contribution in [3.8, 4) is 5.75 Å². The van der Waals surface area contributed by atoms with Gasteiger partial charge in [-0.3, -0.25) is 4.79 Å². The smallest absolute Gasteiger partial charge is 0.308 e. The number of nitrogens with one attached hydrogen (secondary N) is 1. The Hall–Kier alpha value is -3.63. The number of aryl methyl sites for hydroxylation is 1. The Kier molecular flexibility index (Phi) is 11.4. The van der Waals surface area contributed by atoms with E-state index >= 15 is 0 Å². The molecule has 3 aliphatic heterocycles. The van der Waals surface area contributed by atoms with Gasteiger partial charge >= 0.3 is 5.97 Å². The molecular formula is C32H47N5O5. The Balaban J connectivity index is 0.000000627. The summed E-state index contributed by atoms with van der Waals surface area (Å²) in [6.07, 6.45) is 5.54. The molecule has 0 atom stereocenters. The second-order valence-corrected chi connectivity index (χ2v) is 11.5. The molecule has 4 bridgehead atoms. The van der Waals surface area contributed by atoms with Crippen LogP contribution in [-0.4, -0.2) is 68.3 Å². The molecule has 3 aromatic rings. The van der Waals surface area contributed by atoms with E-state index in [9.17, 15) is 9.90 Å². The maximum absolute atomic E-state index is 11.7. The first kappa shape index (κ1) is 32.9. The minimum Gasteiger partial charge on any atom is -0.489 e. The van der Waals surface area contributed by atoms with Crippen LogP contribution in [0.5, 0.6) is 5.75 Å². The zero-order valence-electron chi connectivity index (χ0n) is 26.1. The van der Waals surface area contributed by atoms with Gasteiger partial charge < -0.3 is 29.9 Å². The number of anilines is 2. The molecule has 1 aromatic carbocycles. The summed E-state index contributed by atoms with van der Waals surface area (Å²) in [6, 6.07) is 9.82. The van der Waals surface area contributed by atoms with Crippen LogP contribution >= 0.6 is 0 Å². The van der Waals surface area contributed by atoms with Gasteiger partial charge in [0.25, 0.3) is 0 Å². The maximum atomic E-state index is 11.7. The number of aliphatic hydroxyl groups is 1. The van der Waals surface area contributed by atoms with Crippen LogP contribution in [0.2, 0.25) is 0 Å². The van der Waals surface area contributed by atoms with Crippen molar-refractivity contribution in [2.45, 2.75) is 85.5 Å². The lowest BCUT2D eigenvalue weighted by Gasteiger charge is -2.40. The van der Waals surface area contributed by atoms with Crippen molar-refractivity contribution in [3.05, 3.63) is 59.3 Å². The summed E-state index contributed by atoms with van der Waals surface area (Å²) in [5, 5.41) is 26.3. The number of piperidine rings is 1. The van der Waals surface area contributed by atoms with Crippen LogP contribution in [0.3, 0.4) is 0 Å². The first-order valence-corrected chi connectivity index (χ1v) is 14.7. The predicted octanol–water partition coefficient (Wildman–Crippen LogP) is 5.40. The van der Waals surface area contributed by atoms with Gasteiger partial charge in [0.2, 0.25) is 0 Å². The molecular weight excluding hydrogens is 534 g/mol. The number of aromatic nitrogens is 3. The van der Waals surface area contributed by atoms with Crippen molar-refractivity contribution in [3.63, 3.8) is 0 Å². The van der Waals surface area contributed by atoms with Gasteiger partial charge in [-0.05, 0) is 59.6 Å². The van der Waals surface area contributed by atoms with Gasteiger partial charge in [-0.15, -0.1) is 5.10 Å². The maximum Gasteiger partial charge on any atom is 0.308 e. The van der Waals surface area contributed by atoms with E-state index in [-0.39, 0.29) is 12.0 Å². The number of carboxylic acids is 1. The van der Waals surface area contributed by atoms with Gasteiger partial charge in [-0.25, -0.2) is 4.98 Å². The second kappa shape index (κ2) is 14.5. The molecule has 10 nitrogen and oxygen atoms in total. The Morgan fingerprint density at radius 2 is 1.76 bits per heavy atom. The number of nitrogens with zero attached hydrogens (tertiary/aromatic N) is 4. The molecule has 1 fully saturated rings. The van der Waals surface area contributed by atoms with Crippen LogP contribution < -0.4 is 15.0 Å². The highest BCUT2D eigenvalue weighted by atomic mass is 16.5. The summed E-state index contributed by atoms with van der Waals surface area (Å²) in [4.78, 5) is 18.6. The van der Waals surface area contributed by atoms with Gasteiger partial charge in [0, 0.05) is 42.5 Å². The molecule has 3 N–H and O–H groups in total. The monoisotopic (exact) mass is 581 g/mol. The number of fused-ring (bicyclic) bond motifs is 7. The van der Waals surface area contributed by atoms with E-state index < -0.39 is 11.6 Å². The van der Waals surface area contributed by atoms with Crippen LogP contribution in [0, 0.1) is 6.92 Å². The van der Waals surface area contributed by atoms with Crippen LogP contribution in [0.25, 0.3) is 5.65 Å². The molecule has 0 saturated carbocycles. The fraction of sp³-hybridized carbons (Fsp3) is 0.531. The number of carboxylic acid groups (broad SMARTS) is 1. The van der Waals surface area contributed by atoms with E-state index in [0.717, 1.165) is 43.1 Å². The molecule has 0 spiro atoms. The third-order valence-corrected chi connectivity index (χ3v) is 6.79. The largest absolute Gasteiger partial charge is 0.489 e. The van der Waals surface area contributed by atoms with Gasteiger partial charge in [0.05, 0.1) is 24.2 Å². The summed E-state index contributed by atoms with van der Waals surface area (Å²) in [5.74, 6) is 1.40. The molecule has 3 aliphatic rings. The number of hydrogen-bond donors (Lipinski definition) is 3. The SMILES string of the molecule is CC.CC(C)(C)O.Cc1nc2cc3nn2c(c1CC(=O)O)N1CCC(C)(CC1)OC/C=C/COc1ccccc1CN3. The lowest BCUT2D eigenvalue weighted by atomic mass is 9.93. The lowest BCUT2D eigenvalue weighted by Crippen LogP contribution is -2.45. The molecule has 10 heteroatoms. The summed E-state index contributed by atoms with van der Waals surface area (Å²) >= 11 is 0. The van der Waals surface area contributed by atoms with Crippen LogP contribution in [0.1, 0.15) is 71.2 Å². The molecule has 5 heterocycles. The van der Waals surface area contributed by atoms with Gasteiger partial charge in [0.1, 0.15) is 18.2 Å². The van der Waals surface area contributed by atoms with Gasteiger partial charge in [0.15, 0.2) is 11.5 Å². The van der Waals surface area contributed by atoms with Crippen LogP contribution in [0.15, 0.2) is 42.5 Å². The minimum atomic E-state index is -0.885. The Morgan fingerprint density at radius 1 is 1.12 bits per heavy atom. The average Bonchev–Trinajstić information content (AvgIpc) is 3.33. The standard InChI is InChI=1S/C26H31N5O4.C4H10O.C2H6/c1-18-20(15-24(32)33)25-30-11-9-26(2,10-12-30)35-14-6-5-13-34-21-8-4-3-7-19(21)17-27-22-16-23(28-18)31(25)29-22;1-4(2,3)5;1-2/h3-8,16H,9-15,17H2,1-2H3,(H,27,29)(H,32,33);5H,1-3H3;1-2H3/b6-5+;;. The van der Waals surface area contributed by atoms with E-state index in [1.807, 2.05) is 63.3 Å². The van der Waals surface area contributed by atoms with E-state index in [4.69, 9.17) is 19.7 Å². The summed E-state index contributed by atoms with van der Waals surface area (Å²) in [6.45, 7) is 16.2. The van der Waals surface area contributed by atoms with Gasteiger partial charge in [-0.2, -0.15) is 4.52 Å². The van der Waals surface area contributed by atoms with E-state index in [1.54, 1.807) is 25.3 Å². The first-order valence-electron chi connectivity index (χ1n) is 14.7. The molecule has 42 heavy (non-hydrogen) atoms. The Labute approximate surface area is 249 Å². The zero-order valence-corrected chi connectivity index (χ0v) is 26.1. The van der Waals surface area contributed by atoms with Crippen molar-refractivity contribution in [1.29, 1.82) is 0 Å². The summed E-state index contributed by atoms with van der Waals surface area (Å²) in [7, 11) is 0. The molecule has 230 valence electrons. The molecule has 1 saturated heterocycles. The van der Waals surface area contributed by atoms with Crippen molar-refractivity contribution in [2.75, 3.05) is 36.5 Å². The second-order valence-electron chi connectivity index (χ2n) is 11.5. The lowest BCUT2D eigenvalue weighted by molar-refractivity contribution is -0.136. The highest BCUT2D eigenvalue weighted by molar-refractivity contribution is 5.74. The third kappa shape index (κ3) is 9.19. The number of aliphatic carboxylic acids is 1. The zero-order chi connectivity index (χ0) is 30.9. The van der Waals surface area contributed by atoms with Crippen molar-refractivity contribution >= 4 is 23.3 Å². The fourth-order valence-corrected chi connectivity index (χ4v) is 4.74. The fourth-order valence-electron chi connectivity index (χ4n) is 4.74. The van der Waals surface area contributed by atoms with Crippen LogP contribution in [0.4, 0.5) is 11.6 Å². The molecule has 0 radical (unpaired) electrons. The normalized spacial score (nSPS) is 17.3. The molecule has 6 rings (SSSR count). The first-order chi connectivity index (χ1) is 19.9. The van der Waals surface area contributed by atoms with E-state index in [1.165, 1.54) is 0 Å². The highest BCUT2D eigenvalue weighted by Gasteiger charge is 2.33. The number of rotatable bonds is 2. The molecule has 0 amide bonds. The minimum absolute atomic E-state index is 0.105. The number of para-hydroxylation sites is 1. The number of ether oxygens (including phenoxy) is 2. The highest BCUT2D eigenvalue weighted by Crippen LogP contribution is 2.33. The quantitative estimate of drug-likeness (QED) is 0.341. The summed E-state index contributed by atoms with van der Waals surface area (Å²) < 4.78 is 14.0. The molecule has 0 aliphatic carbocycles. The van der Waals surface area contributed by atoms with Crippen molar-refractivity contribution in [1.82, 2.24) is 14.6 Å². The average molecular weight is 582 g/mol. The molecule has 2 aromatic heterocycles. The topological polar surface area (TPSA) is 121 Å². The summed E-state index contributed by atoms with van der Waals surface area (Å²) in [5.41, 5.74) is 2.36. The van der Waals surface area contributed by atoms with Crippen molar-refractivity contribution in [2.24, 2.45) is 0 Å². The number of benzene rings is 1. The molecule has 0 unspecified atom stereocenters. The number of hydrogen-bond acceptors (Lipinski definition) is 8. The van der Waals surface area contributed by atoms with E-state index in [2.05, 4.69) is 22.1 Å². The van der Waals surface area contributed by atoms with Crippen molar-refractivity contribution < 1.29 is 24.5 Å². The van der Waals surface area contributed by atoms with Crippen LogP contribution in [-0.2, 0) is 22.5 Å². The Bertz CT molecular complexity index is 1350. The predicted molar refractivity (Wildman–Crippen MR) is 167 cm³/mol.